The van der Waals surface area contributed by atoms with Crippen LogP contribution in [0, 0.1) is 5.92 Å². The summed E-state index contributed by atoms with van der Waals surface area (Å²) in [5, 5.41) is 3.60. The molecule has 5 heteroatoms. The van der Waals surface area contributed by atoms with Gasteiger partial charge >= 0.3 is 0 Å². The van der Waals surface area contributed by atoms with E-state index in [0.717, 1.165) is 45.0 Å². The molecule has 2 aliphatic rings. The average Bonchev–Trinajstić information content (AvgIpc) is 3.27. The summed E-state index contributed by atoms with van der Waals surface area (Å²) in [5.41, 5.74) is 1.27. The molecule has 4 rings (SSSR count). The molecule has 122 valence electrons. The van der Waals surface area contributed by atoms with Gasteiger partial charge in [0.1, 0.15) is 11.6 Å². The molecule has 4 heterocycles. The van der Waals surface area contributed by atoms with E-state index in [9.17, 15) is 0 Å². The maximum atomic E-state index is 4.62. The minimum absolute atomic E-state index is 0.702. The van der Waals surface area contributed by atoms with Crippen molar-refractivity contribution in [1.82, 2.24) is 19.9 Å². The highest BCUT2D eigenvalue weighted by atomic mass is 15.2. The van der Waals surface area contributed by atoms with E-state index >= 15 is 0 Å². The zero-order valence-corrected chi connectivity index (χ0v) is 13.6. The van der Waals surface area contributed by atoms with Crippen LogP contribution in [0.1, 0.15) is 30.7 Å². The molecule has 2 aromatic rings. The van der Waals surface area contributed by atoms with Gasteiger partial charge < -0.3 is 14.8 Å². The van der Waals surface area contributed by atoms with E-state index in [2.05, 4.69) is 43.1 Å². The Morgan fingerprint density at radius 3 is 2.91 bits per heavy atom. The van der Waals surface area contributed by atoms with Crippen LogP contribution in [-0.2, 0) is 19.5 Å². The van der Waals surface area contributed by atoms with Gasteiger partial charge in [-0.15, -0.1) is 0 Å². The van der Waals surface area contributed by atoms with Gasteiger partial charge in [0, 0.05) is 51.2 Å². The molecular formula is C18H25N5. The third-order valence-electron chi connectivity index (χ3n) is 5.03. The van der Waals surface area contributed by atoms with Crippen LogP contribution in [0.25, 0.3) is 0 Å². The van der Waals surface area contributed by atoms with Crippen LogP contribution in [0.2, 0.25) is 0 Å². The molecule has 0 aliphatic carbocycles. The lowest BCUT2D eigenvalue weighted by molar-refractivity contribution is 0.347. The third-order valence-corrected chi connectivity index (χ3v) is 5.03. The van der Waals surface area contributed by atoms with Crippen LogP contribution >= 0.6 is 0 Å². The van der Waals surface area contributed by atoms with Crippen LogP contribution in [0.3, 0.4) is 0 Å². The Morgan fingerprint density at radius 1 is 1.17 bits per heavy atom. The van der Waals surface area contributed by atoms with Gasteiger partial charge in [-0.2, -0.15) is 0 Å². The van der Waals surface area contributed by atoms with Crippen molar-refractivity contribution in [3.05, 3.63) is 42.1 Å². The summed E-state index contributed by atoms with van der Waals surface area (Å²) in [6, 6.07) is 4.38. The van der Waals surface area contributed by atoms with Crippen molar-refractivity contribution in [3.8, 4) is 0 Å². The Balaban J connectivity index is 1.25. The zero-order valence-electron chi connectivity index (χ0n) is 13.6. The average molecular weight is 311 g/mol. The fourth-order valence-corrected chi connectivity index (χ4v) is 3.68. The number of pyridine rings is 1. The summed E-state index contributed by atoms with van der Waals surface area (Å²) >= 11 is 0. The molecule has 0 radical (unpaired) electrons. The highest BCUT2D eigenvalue weighted by molar-refractivity contribution is 5.40. The predicted octanol–water partition coefficient (Wildman–Crippen LogP) is 2.23. The molecule has 1 atom stereocenters. The number of anilines is 1. The molecular weight excluding hydrogens is 286 g/mol. The molecule has 0 amide bonds. The number of rotatable bonds is 5. The molecule has 0 saturated carbocycles. The third kappa shape index (κ3) is 3.39. The molecule has 0 bridgehead atoms. The van der Waals surface area contributed by atoms with E-state index in [1.165, 1.54) is 30.7 Å². The molecule has 23 heavy (non-hydrogen) atoms. The fourth-order valence-electron chi connectivity index (χ4n) is 3.68. The lowest BCUT2D eigenvalue weighted by atomic mass is 9.99. The van der Waals surface area contributed by atoms with Gasteiger partial charge in [0.05, 0.1) is 0 Å². The largest absolute Gasteiger partial charge is 0.357 e. The van der Waals surface area contributed by atoms with Crippen LogP contribution in [0.15, 0.2) is 30.7 Å². The normalized spacial score (nSPS) is 20.7. The highest BCUT2D eigenvalue weighted by Gasteiger charge is 2.18. The summed E-state index contributed by atoms with van der Waals surface area (Å²) in [5.74, 6) is 3.07. The van der Waals surface area contributed by atoms with Crippen LogP contribution < -0.4 is 10.2 Å². The maximum absolute atomic E-state index is 4.62. The van der Waals surface area contributed by atoms with Crippen molar-refractivity contribution in [3.63, 3.8) is 0 Å². The van der Waals surface area contributed by atoms with Gasteiger partial charge in [-0.25, -0.2) is 9.97 Å². The molecule has 2 aliphatic heterocycles. The first-order valence-electron chi connectivity index (χ1n) is 8.79. The fraction of sp³-hybridized carbons (Fsp3) is 0.556. The molecule has 1 fully saturated rings. The number of fused-ring (bicyclic) bond motifs is 1. The van der Waals surface area contributed by atoms with Gasteiger partial charge in [-0.05, 0) is 43.4 Å². The van der Waals surface area contributed by atoms with Crippen LogP contribution in [0.4, 0.5) is 5.82 Å². The Morgan fingerprint density at radius 2 is 2.09 bits per heavy atom. The molecule has 2 aromatic heterocycles. The number of aryl methyl sites for hydroxylation is 1. The van der Waals surface area contributed by atoms with Crippen molar-refractivity contribution in [2.75, 3.05) is 24.5 Å². The molecule has 0 unspecified atom stereocenters. The lowest BCUT2D eigenvalue weighted by Gasteiger charge is -2.24. The summed E-state index contributed by atoms with van der Waals surface area (Å²) in [7, 11) is 0. The first-order valence-corrected chi connectivity index (χ1v) is 8.79. The Hall–Kier alpha value is -1.88. The molecule has 5 nitrogen and oxygen atoms in total. The molecule has 1 saturated heterocycles. The Bertz CT molecular complexity index is 627. The van der Waals surface area contributed by atoms with Crippen LogP contribution in [-0.4, -0.2) is 34.2 Å². The SMILES string of the molecule is c1cn2c(n1)CC[C@H](CNCc1ccc(N3CCCC3)nc1)C2. The minimum atomic E-state index is 0.702. The van der Waals surface area contributed by atoms with Gasteiger partial charge in [0.25, 0.3) is 0 Å². The van der Waals surface area contributed by atoms with E-state index in [4.69, 9.17) is 0 Å². The van der Waals surface area contributed by atoms with Gasteiger partial charge in [-0.1, -0.05) is 6.07 Å². The number of aromatic nitrogens is 3. The summed E-state index contributed by atoms with van der Waals surface area (Å²) in [4.78, 5) is 11.4. The summed E-state index contributed by atoms with van der Waals surface area (Å²) < 4.78 is 2.29. The first-order chi connectivity index (χ1) is 11.4. The molecule has 0 aromatic carbocycles. The highest BCUT2D eigenvalue weighted by Crippen LogP contribution is 2.19. The second-order valence-electron chi connectivity index (χ2n) is 6.75. The number of nitrogens with zero attached hydrogens (tertiary/aromatic N) is 4. The summed E-state index contributed by atoms with van der Waals surface area (Å²) in [6.45, 7) is 5.37. The van der Waals surface area contributed by atoms with Crippen LogP contribution in [0.5, 0.6) is 0 Å². The predicted molar refractivity (Wildman–Crippen MR) is 91.4 cm³/mol. The second kappa shape index (κ2) is 6.71. The number of hydrogen-bond acceptors (Lipinski definition) is 4. The zero-order chi connectivity index (χ0) is 15.5. The maximum Gasteiger partial charge on any atom is 0.128 e. The van der Waals surface area contributed by atoms with E-state index in [1.807, 2.05) is 12.4 Å². The number of imidazole rings is 1. The van der Waals surface area contributed by atoms with Crippen molar-refractivity contribution in [1.29, 1.82) is 0 Å². The Labute approximate surface area is 137 Å². The molecule has 1 N–H and O–H groups in total. The van der Waals surface area contributed by atoms with Crippen molar-refractivity contribution in [2.45, 2.75) is 38.8 Å². The monoisotopic (exact) mass is 311 g/mol. The van der Waals surface area contributed by atoms with Crippen molar-refractivity contribution >= 4 is 5.82 Å². The van der Waals surface area contributed by atoms with Crippen molar-refractivity contribution < 1.29 is 0 Å². The number of hydrogen-bond donors (Lipinski definition) is 1. The minimum Gasteiger partial charge on any atom is -0.357 e. The Kier molecular flexibility index (Phi) is 4.28. The van der Waals surface area contributed by atoms with Gasteiger partial charge in [0.2, 0.25) is 0 Å². The van der Waals surface area contributed by atoms with Gasteiger partial charge in [0.15, 0.2) is 0 Å². The standard InChI is InChI=1S/C18H25N5/c1-2-9-22(8-1)18-5-3-15(13-21-18)11-19-12-16-4-6-17-20-7-10-23(17)14-16/h3,5,7,10,13,16,19H,1-2,4,6,8-9,11-12,14H2/t16-/m1/s1. The smallest absolute Gasteiger partial charge is 0.128 e. The van der Waals surface area contributed by atoms with E-state index < -0.39 is 0 Å². The van der Waals surface area contributed by atoms with E-state index in [0.29, 0.717) is 5.92 Å². The summed E-state index contributed by atoms with van der Waals surface area (Å²) in [6.07, 6.45) is 11.0. The number of nitrogens with one attached hydrogen (secondary N) is 1. The van der Waals surface area contributed by atoms with E-state index in [1.54, 1.807) is 0 Å². The second-order valence-corrected chi connectivity index (χ2v) is 6.75. The lowest BCUT2D eigenvalue weighted by Crippen LogP contribution is -2.29. The quantitative estimate of drug-likeness (QED) is 0.920. The molecule has 0 spiro atoms. The van der Waals surface area contributed by atoms with Gasteiger partial charge in [-0.3, -0.25) is 0 Å². The van der Waals surface area contributed by atoms with E-state index in [-0.39, 0.29) is 0 Å². The first kappa shape index (κ1) is 14.7. The topological polar surface area (TPSA) is 46.0 Å². The van der Waals surface area contributed by atoms with Crippen molar-refractivity contribution in [2.24, 2.45) is 5.92 Å².